The number of hydrogen-bond donors (Lipinski definition) is 2. The molecule has 2 rings (SSSR count). The zero-order chi connectivity index (χ0) is 13.7. The molecule has 2 aromatic carbocycles. The molecule has 0 unspecified atom stereocenters. The fraction of sp³-hybridized carbons (Fsp3) is 0. The van der Waals surface area contributed by atoms with Gasteiger partial charge >= 0.3 is 5.97 Å². The zero-order valence-corrected chi connectivity index (χ0v) is 9.85. The molecule has 0 fully saturated rings. The van der Waals surface area contributed by atoms with E-state index in [9.17, 15) is 4.79 Å². The number of oxime groups is 1. The Hall–Kier alpha value is -2.82. The molecular weight excluding hydrogens is 246 g/mol. The summed E-state index contributed by atoms with van der Waals surface area (Å²) in [5.74, 6) is -0.206. The average molecular weight is 257 g/mol. The number of rotatable bonds is 4. The molecule has 2 N–H and O–H groups in total. The largest absolute Gasteiger partial charge is 0.476 e. The molecule has 96 valence electrons. The molecule has 0 heterocycles. The number of ether oxygens (including phenoxy) is 1. The molecule has 0 radical (unpaired) electrons. The minimum atomic E-state index is -1.31. The van der Waals surface area contributed by atoms with E-state index in [0.29, 0.717) is 11.5 Å². The summed E-state index contributed by atoms with van der Waals surface area (Å²) < 4.78 is 5.56. The minimum absolute atomic E-state index is 0.267. The zero-order valence-electron chi connectivity index (χ0n) is 9.85. The van der Waals surface area contributed by atoms with E-state index in [4.69, 9.17) is 15.1 Å². The highest BCUT2D eigenvalue weighted by atomic mass is 16.5. The van der Waals surface area contributed by atoms with Crippen molar-refractivity contribution in [2.75, 3.05) is 0 Å². The Labute approximate surface area is 109 Å². The predicted molar refractivity (Wildman–Crippen MR) is 68.9 cm³/mol. The van der Waals surface area contributed by atoms with E-state index >= 15 is 0 Å². The van der Waals surface area contributed by atoms with Gasteiger partial charge in [-0.15, -0.1) is 0 Å². The van der Waals surface area contributed by atoms with Gasteiger partial charge in [0.25, 0.3) is 0 Å². The maximum absolute atomic E-state index is 10.9. The fourth-order valence-electron chi connectivity index (χ4n) is 1.56. The first-order chi connectivity index (χ1) is 9.20. The van der Waals surface area contributed by atoms with Gasteiger partial charge in [0.2, 0.25) is 0 Å². The van der Waals surface area contributed by atoms with Crippen molar-refractivity contribution in [2.24, 2.45) is 5.16 Å². The van der Waals surface area contributed by atoms with Crippen LogP contribution in [0.3, 0.4) is 0 Å². The Morgan fingerprint density at radius 1 is 1.00 bits per heavy atom. The molecule has 0 saturated carbocycles. The predicted octanol–water partition coefficient (Wildman–Crippen LogP) is 2.74. The Balaban J connectivity index is 2.27. The maximum Gasteiger partial charge on any atom is 0.358 e. The van der Waals surface area contributed by atoms with Gasteiger partial charge in [-0.25, -0.2) is 4.79 Å². The van der Waals surface area contributed by atoms with E-state index in [2.05, 4.69) is 5.16 Å². The van der Waals surface area contributed by atoms with E-state index in [-0.39, 0.29) is 5.56 Å². The number of hydrogen-bond acceptors (Lipinski definition) is 4. The summed E-state index contributed by atoms with van der Waals surface area (Å²) in [5.41, 5.74) is -0.165. The molecule has 0 atom stereocenters. The van der Waals surface area contributed by atoms with Crippen LogP contribution in [-0.2, 0) is 4.79 Å². The highest BCUT2D eigenvalue weighted by Crippen LogP contribution is 2.22. The molecule has 0 spiro atoms. The van der Waals surface area contributed by atoms with Gasteiger partial charge in [0.15, 0.2) is 5.71 Å². The van der Waals surface area contributed by atoms with E-state index < -0.39 is 11.7 Å². The highest BCUT2D eigenvalue weighted by Gasteiger charge is 2.13. The second-order valence-electron chi connectivity index (χ2n) is 3.70. The maximum atomic E-state index is 10.9. The van der Waals surface area contributed by atoms with Crippen LogP contribution in [-0.4, -0.2) is 22.0 Å². The lowest BCUT2D eigenvalue weighted by molar-refractivity contribution is -0.129. The van der Waals surface area contributed by atoms with Gasteiger partial charge in [0, 0.05) is 5.56 Å². The summed E-state index contributed by atoms with van der Waals surface area (Å²) in [4.78, 5) is 10.9. The van der Waals surface area contributed by atoms with Gasteiger partial charge < -0.3 is 15.1 Å². The second kappa shape index (κ2) is 5.68. The van der Waals surface area contributed by atoms with E-state index in [0.717, 1.165) is 0 Å². The first-order valence-electron chi connectivity index (χ1n) is 5.49. The van der Waals surface area contributed by atoms with Crippen molar-refractivity contribution < 1.29 is 19.8 Å². The van der Waals surface area contributed by atoms with Crippen molar-refractivity contribution in [1.29, 1.82) is 0 Å². The molecule has 0 aliphatic carbocycles. The number of para-hydroxylation sites is 1. The fourth-order valence-corrected chi connectivity index (χ4v) is 1.56. The third kappa shape index (κ3) is 3.10. The first-order valence-corrected chi connectivity index (χ1v) is 5.49. The van der Waals surface area contributed by atoms with Crippen LogP contribution in [0.1, 0.15) is 5.56 Å². The molecule has 0 amide bonds. The van der Waals surface area contributed by atoms with Gasteiger partial charge in [-0.2, -0.15) is 0 Å². The summed E-state index contributed by atoms with van der Waals surface area (Å²) >= 11 is 0. The van der Waals surface area contributed by atoms with Crippen molar-refractivity contribution in [3.63, 3.8) is 0 Å². The second-order valence-corrected chi connectivity index (χ2v) is 3.70. The molecule has 2 aromatic rings. The summed E-state index contributed by atoms with van der Waals surface area (Å²) in [6, 6.07) is 15.4. The quantitative estimate of drug-likeness (QED) is 0.501. The SMILES string of the molecule is O=C(O)/C(=N/O)c1cccc(Oc2ccccc2)c1. The molecule has 5 nitrogen and oxygen atoms in total. The van der Waals surface area contributed by atoms with Gasteiger partial charge in [-0.3, -0.25) is 0 Å². The van der Waals surface area contributed by atoms with Crippen molar-refractivity contribution >= 4 is 11.7 Å². The summed E-state index contributed by atoms with van der Waals surface area (Å²) in [7, 11) is 0. The summed E-state index contributed by atoms with van der Waals surface area (Å²) in [6.07, 6.45) is 0. The number of carboxylic acid groups (broad SMARTS) is 1. The van der Waals surface area contributed by atoms with Crippen LogP contribution in [0.15, 0.2) is 59.8 Å². The van der Waals surface area contributed by atoms with Gasteiger partial charge in [-0.1, -0.05) is 35.5 Å². The topological polar surface area (TPSA) is 79.1 Å². The normalized spacial score (nSPS) is 11.1. The minimum Gasteiger partial charge on any atom is -0.476 e. The van der Waals surface area contributed by atoms with E-state index in [1.165, 1.54) is 12.1 Å². The molecule has 19 heavy (non-hydrogen) atoms. The number of benzene rings is 2. The first kappa shape index (κ1) is 12.6. The van der Waals surface area contributed by atoms with Crippen molar-refractivity contribution in [3.05, 3.63) is 60.2 Å². The van der Waals surface area contributed by atoms with Gasteiger partial charge in [-0.05, 0) is 24.3 Å². The van der Waals surface area contributed by atoms with Gasteiger partial charge in [0.05, 0.1) is 0 Å². The van der Waals surface area contributed by atoms with Crippen LogP contribution in [0, 0.1) is 0 Å². The molecular formula is C14H11NO4. The molecule has 0 saturated heterocycles. The van der Waals surface area contributed by atoms with Crippen LogP contribution < -0.4 is 4.74 Å². The van der Waals surface area contributed by atoms with Crippen molar-refractivity contribution in [2.45, 2.75) is 0 Å². The lowest BCUT2D eigenvalue weighted by Crippen LogP contribution is -2.14. The number of nitrogens with zero attached hydrogens (tertiary/aromatic N) is 1. The standard InChI is InChI=1S/C14H11NO4/c16-14(17)13(15-18)10-5-4-8-12(9-10)19-11-6-2-1-3-7-11/h1-9,18H,(H,16,17)/b15-13+. The van der Waals surface area contributed by atoms with Crippen molar-refractivity contribution in [1.82, 2.24) is 0 Å². The lowest BCUT2D eigenvalue weighted by atomic mass is 10.1. The third-order valence-corrected chi connectivity index (χ3v) is 2.39. The van der Waals surface area contributed by atoms with E-state index in [1.807, 2.05) is 18.2 Å². The Kier molecular flexibility index (Phi) is 3.78. The molecule has 0 aliphatic rings. The van der Waals surface area contributed by atoms with Crippen LogP contribution >= 0.6 is 0 Å². The molecule has 0 aliphatic heterocycles. The Morgan fingerprint density at radius 2 is 1.68 bits per heavy atom. The number of carbonyl (C=O) groups is 1. The lowest BCUT2D eigenvalue weighted by Gasteiger charge is -2.07. The number of carboxylic acids is 1. The summed E-state index contributed by atoms with van der Waals surface area (Å²) in [6.45, 7) is 0. The van der Waals surface area contributed by atoms with Crippen LogP contribution in [0.5, 0.6) is 11.5 Å². The number of aliphatic carboxylic acids is 1. The monoisotopic (exact) mass is 257 g/mol. The van der Waals surface area contributed by atoms with Gasteiger partial charge in [0.1, 0.15) is 11.5 Å². The highest BCUT2D eigenvalue weighted by molar-refractivity contribution is 6.42. The molecule has 0 bridgehead atoms. The average Bonchev–Trinajstić information content (AvgIpc) is 2.41. The van der Waals surface area contributed by atoms with Crippen LogP contribution in [0.25, 0.3) is 0 Å². The summed E-state index contributed by atoms with van der Waals surface area (Å²) in [5, 5.41) is 20.3. The smallest absolute Gasteiger partial charge is 0.358 e. The van der Waals surface area contributed by atoms with Crippen LogP contribution in [0.4, 0.5) is 0 Å². The van der Waals surface area contributed by atoms with Crippen LogP contribution in [0.2, 0.25) is 0 Å². The van der Waals surface area contributed by atoms with E-state index in [1.54, 1.807) is 24.3 Å². The Morgan fingerprint density at radius 3 is 2.32 bits per heavy atom. The third-order valence-electron chi connectivity index (χ3n) is 2.39. The Bertz CT molecular complexity index is 608. The molecule has 5 heteroatoms. The van der Waals surface area contributed by atoms with Crippen molar-refractivity contribution in [3.8, 4) is 11.5 Å². The molecule has 0 aromatic heterocycles.